The second kappa shape index (κ2) is 3.56. The molecule has 1 aliphatic rings. The maximum absolute atomic E-state index is 11.4. The van der Waals surface area contributed by atoms with Crippen molar-refractivity contribution in [1.29, 1.82) is 0 Å². The van der Waals surface area contributed by atoms with Crippen LogP contribution in [0.5, 0.6) is 0 Å². The summed E-state index contributed by atoms with van der Waals surface area (Å²) in [7, 11) is 0. The molecule has 0 bridgehead atoms. The largest absolute Gasteiger partial charge is 0.281 e. The molecule has 0 spiro atoms. The fourth-order valence-electron chi connectivity index (χ4n) is 1.31. The molecule has 2 atom stereocenters. The lowest BCUT2D eigenvalue weighted by atomic mass is 10.2. The number of hydrogen-bond donors (Lipinski definition) is 0. The van der Waals surface area contributed by atoms with E-state index in [9.17, 15) is 9.59 Å². The number of alkyl halides is 1. The molecule has 0 N–H and O–H groups in total. The van der Waals surface area contributed by atoms with Gasteiger partial charge in [-0.15, -0.1) is 0 Å². The highest BCUT2D eigenvalue weighted by Crippen LogP contribution is 2.18. The van der Waals surface area contributed by atoms with Gasteiger partial charge in [0.1, 0.15) is 0 Å². The Morgan fingerprint density at radius 2 is 2.33 bits per heavy atom. The van der Waals surface area contributed by atoms with Crippen molar-refractivity contribution < 1.29 is 9.59 Å². The van der Waals surface area contributed by atoms with Crippen LogP contribution in [-0.4, -0.2) is 28.1 Å². The Morgan fingerprint density at radius 1 is 1.75 bits per heavy atom. The number of halogens is 1. The van der Waals surface area contributed by atoms with Gasteiger partial charge in [-0.1, -0.05) is 22.9 Å². The topological polar surface area (TPSA) is 37.4 Å². The van der Waals surface area contributed by atoms with E-state index in [0.717, 1.165) is 0 Å². The third kappa shape index (κ3) is 1.86. The number of carbonyl (C=O) groups is 2. The van der Waals surface area contributed by atoms with Gasteiger partial charge in [0.05, 0.1) is 4.83 Å². The first-order valence-electron chi connectivity index (χ1n) is 4.00. The molecule has 2 amide bonds. The molecule has 0 radical (unpaired) electrons. The lowest BCUT2D eigenvalue weighted by molar-refractivity contribution is -0.141. The van der Waals surface area contributed by atoms with Crippen molar-refractivity contribution in [3.63, 3.8) is 0 Å². The van der Waals surface area contributed by atoms with E-state index < -0.39 is 0 Å². The van der Waals surface area contributed by atoms with Crippen LogP contribution in [0.2, 0.25) is 0 Å². The summed E-state index contributed by atoms with van der Waals surface area (Å²) in [5, 5.41) is 0. The molecule has 1 heterocycles. The van der Waals surface area contributed by atoms with Crippen LogP contribution in [0.1, 0.15) is 20.3 Å². The molecule has 0 aromatic heterocycles. The molecule has 1 saturated heterocycles. The van der Waals surface area contributed by atoms with Crippen LogP contribution < -0.4 is 0 Å². The Balaban J connectivity index is 2.64. The summed E-state index contributed by atoms with van der Waals surface area (Å²) in [4.78, 5) is 23.7. The van der Waals surface area contributed by atoms with Crippen molar-refractivity contribution in [2.45, 2.75) is 25.1 Å². The average Bonchev–Trinajstić information content (AvgIpc) is 2.28. The molecular formula is C8H12BrNO2. The number of amides is 2. The van der Waals surface area contributed by atoms with Crippen molar-refractivity contribution in [2.24, 2.45) is 5.92 Å². The van der Waals surface area contributed by atoms with Crippen molar-refractivity contribution in [2.75, 3.05) is 6.54 Å². The number of nitrogens with zero attached hydrogens (tertiary/aromatic N) is 1. The quantitative estimate of drug-likeness (QED) is 0.638. The maximum atomic E-state index is 11.4. The summed E-state index contributed by atoms with van der Waals surface area (Å²) in [6.45, 7) is 4.29. The van der Waals surface area contributed by atoms with Crippen LogP contribution in [-0.2, 0) is 9.59 Å². The van der Waals surface area contributed by atoms with Gasteiger partial charge in [0.25, 0.3) is 0 Å². The van der Waals surface area contributed by atoms with E-state index in [0.29, 0.717) is 18.9 Å². The Labute approximate surface area is 80.2 Å². The minimum absolute atomic E-state index is 0.0428. The summed E-state index contributed by atoms with van der Waals surface area (Å²) >= 11 is 3.15. The van der Waals surface area contributed by atoms with Gasteiger partial charge in [-0.05, 0) is 12.8 Å². The first kappa shape index (κ1) is 9.71. The monoisotopic (exact) mass is 233 g/mol. The van der Waals surface area contributed by atoms with Crippen molar-refractivity contribution >= 4 is 27.7 Å². The number of imide groups is 1. The molecule has 3 nitrogen and oxygen atoms in total. The summed E-state index contributed by atoms with van der Waals surface area (Å²) < 4.78 is 0. The lowest BCUT2D eigenvalue weighted by Crippen LogP contribution is -2.36. The normalized spacial score (nSPS) is 26.1. The fraction of sp³-hybridized carbons (Fsp3) is 0.750. The van der Waals surface area contributed by atoms with E-state index in [1.165, 1.54) is 4.90 Å². The molecule has 1 aliphatic heterocycles. The average molecular weight is 234 g/mol. The number of hydrogen-bond acceptors (Lipinski definition) is 2. The van der Waals surface area contributed by atoms with Crippen LogP contribution in [0.25, 0.3) is 0 Å². The summed E-state index contributed by atoms with van der Waals surface area (Å²) in [5.74, 6) is 0.149. The molecule has 1 rings (SSSR count). The van der Waals surface area contributed by atoms with Gasteiger partial charge in [-0.25, -0.2) is 0 Å². The van der Waals surface area contributed by atoms with Gasteiger partial charge in [-0.2, -0.15) is 0 Å². The fourth-order valence-corrected chi connectivity index (χ4v) is 1.56. The molecule has 68 valence electrons. The van der Waals surface area contributed by atoms with E-state index >= 15 is 0 Å². The summed E-state index contributed by atoms with van der Waals surface area (Å²) in [6.07, 6.45) is 0.505. The van der Waals surface area contributed by atoms with Gasteiger partial charge in [-0.3, -0.25) is 14.5 Å². The second-order valence-corrected chi connectivity index (χ2v) is 4.64. The number of likely N-dealkylation sites (tertiary alicyclic amines) is 1. The number of carbonyl (C=O) groups excluding carboxylic acids is 2. The first-order chi connectivity index (χ1) is 5.52. The van der Waals surface area contributed by atoms with Crippen molar-refractivity contribution in [1.82, 2.24) is 4.90 Å². The number of rotatable bonds is 1. The zero-order chi connectivity index (χ0) is 9.30. The SMILES string of the molecule is CC1CC(=O)N(C(=O)C(C)Br)C1. The maximum Gasteiger partial charge on any atom is 0.242 e. The van der Waals surface area contributed by atoms with Gasteiger partial charge in [0.15, 0.2) is 0 Å². The predicted molar refractivity (Wildman–Crippen MR) is 48.9 cm³/mol. The van der Waals surface area contributed by atoms with Gasteiger partial charge in [0.2, 0.25) is 11.8 Å². The van der Waals surface area contributed by atoms with E-state index in [-0.39, 0.29) is 16.6 Å². The van der Waals surface area contributed by atoms with E-state index in [4.69, 9.17) is 0 Å². The molecular weight excluding hydrogens is 222 g/mol. The molecule has 0 saturated carbocycles. The third-order valence-corrected chi connectivity index (χ3v) is 2.32. The summed E-state index contributed by atoms with van der Waals surface area (Å²) in [6, 6.07) is 0. The molecule has 1 fully saturated rings. The predicted octanol–water partition coefficient (Wildman–Crippen LogP) is 1.16. The van der Waals surface area contributed by atoms with Crippen molar-refractivity contribution in [3.05, 3.63) is 0 Å². The van der Waals surface area contributed by atoms with Crippen LogP contribution >= 0.6 is 15.9 Å². The van der Waals surface area contributed by atoms with Gasteiger partial charge < -0.3 is 0 Å². The Kier molecular flexibility index (Phi) is 2.88. The first-order valence-corrected chi connectivity index (χ1v) is 4.92. The van der Waals surface area contributed by atoms with E-state index in [1.54, 1.807) is 6.92 Å². The zero-order valence-electron chi connectivity index (χ0n) is 7.21. The third-order valence-electron chi connectivity index (χ3n) is 1.92. The highest BCUT2D eigenvalue weighted by molar-refractivity contribution is 9.10. The molecule has 0 aromatic rings. The summed E-state index contributed by atoms with van der Waals surface area (Å²) in [5.41, 5.74) is 0. The lowest BCUT2D eigenvalue weighted by Gasteiger charge is -2.15. The smallest absolute Gasteiger partial charge is 0.242 e. The van der Waals surface area contributed by atoms with Gasteiger partial charge in [0, 0.05) is 13.0 Å². The van der Waals surface area contributed by atoms with Crippen LogP contribution in [0, 0.1) is 5.92 Å². The molecule has 12 heavy (non-hydrogen) atoms. The van der Waals surface area contributed by atoms with Crippen molar-refractivity contribution in [3.8, 4) is 0 Å². The standard InChI is InChI=1S/C8H12BrNO2/c1-5-3-7(11)10(4-5)8(12)6(2)9/h5-6H,3-4H2,1-2H3. The Hall–Kier alpha value is -0.380. The Bertz CT molecular complexity index is 215. The van der Waals surface area contributed by atoms with Crippen LogP contribution in [0.3, 0.4) is 0 Å². The molecule has 4 heteroatoms. The highest BCUT2D eigenvalue weighted by Gasteiger charge is 2.32. The molecule has 2 unspecified atom stereocenters. The Morgan fingerprint density at radius 3 is 2.67 bits per heavy atom. The molecule has 0 aromatic carbocycles. The van der Waals surface area contributed by atoms with Crippen LogP contribution in [0.4, 0.5) is 0 Å². The van der Waals surface area contributed by atoms with Crippen LogP contribution in [0.15, 0.2) is 0 Å². The molecule has 0 aliphatic carbocycles. The van der Waals surface area contributed by atoms with Gasteiger partial charge >= 0.3 is 0 Å². The zero-order valence-corrected chi connectivity index (χ0v) is 8.80. The minimum Gasteiger partial charge on any atom is -0.281 e. The van der Waals surface area contributed by atoms with E-state index in [2.05, 4.69) is 15.9 Å². The second-order valence-electron chi connectivity index (χ2n) is 3.27. The highest BCUT2D eigenvalue weighted by atomic mass is 79.9. The van der Waals surface area contributed by atoms with E-state index in [1.807, 2.05) is 6.92 Å². The minimum atomic E-state index is -0.258.